The standard InChI is InChI=1S/C15H15NO3/c17-15(18)9-7-13-6-8-14(10-16-13)19-11-12-4-2-1-3-5-12/h1-6,8,10H,7,9,11H2,(H,17,18). The number of carboxylic acids is 1. The molecule has 98 valence electrons. The van der Waals surface area contributed by atoms with Crippen LogP contribution in [0.25, 0.3) is 0 Å². The van der Waals surface area contributed by atoms with Crippen molar-refractivity contribution in [3.8, 4) is 5.75 Å². The Morgan fingerprint density at radius 3 is 2.58 bits per heavy atom. The number of benzene rings is 1. The van der Waals surface area contributed by atoms with Crippen molar-refractivity contribution in [1.82, 2.24) is 4.98 Å². The van der Waals surface area contributed by atoms with E-state index in [1.165, 1.54) is 0 Å². The van der Waals surface area contributed by atoms with Crippen molar-refractivity contribution >= 4 is 5.97 Å². The summed E-state index contributed by atoms with van der Waals surface area (Å²) in [6.07, 6.45) is 2.16. The van der Waals surface area contributed by atoms with Crippen LogP contribution in [-0.4, -0.2) is 16.1 Å². The molecule has 0 aliphatic rings. The summed E-state index contributed by atoms with van der Waals surface area (Å²) < 4.78 is 5.59. The Hall–Kier alpha value is -2.36. The minimum absolute atomic E-state index is 0.0945. The Kier molecular flexibility index (Phi) is 4.50. The van der Waals surface area contributed by atoms with Crippen molar-refractivity contribution in [2.24, 2.45) is 0 Å². The van der Waals surface area contributed by atoms with Crippen LogP contribution in [0, 0.1) is 0 Å². The summed E-state index contributed by atoms with van der Waals surface area (Å²) in [4.78, 5) is 14.6. The summed E-state index contributed by atoms with van der Waals surface area (Å²) in [5, 5.41) is 8.59. The third kappa shape index (κ3) is 4.43. The molecule has 0 fully saturated rings. The highest BCUT2D eigenvalue weighted by Gasteiger charge is 2.01. The van der Waals surface area contributed by atoms with Gasteiger partial charge >= 0.3 is 5.97 Å². The third-order valence-corrected chi connectivity index (χ3v) is 2.64. The van der Waals surface area contributed by atoms with E-state index in [0.29, 0.717) is 18.8 Å². The summed E-state index contributed by atoms with van der Waals surface area (Å²) in [5.41, 5.74) is 1.85. The quantitative estimate of drug-likeness (QED) is 0.864. The van der Waals surface area contributed by atoms with E-state index in [2.05, 4.69) is 4.98 Å². The van der Waals surface area contributed by atoms with E-state index in [1.54, 1.807) is 12.3 Å². The second-order valence-electron chi connectivity index (χ2n) is 4.15. The zero-order valence-electron chi connectivity index (χ0n) is 10.5. The molecule has 1 aromatic carbocycles. The molecule has 0 amide bonds. The first-order chi connectivity index (χ1) is 9.24. The van der Waals surface area contributed by atoms with Crippen LogP contribution in [0.15, 0.2) is 48.7 Å². The van der Waals surface area contributed by atoms with Crippen molar-refractivity contribution in [1.29, 1.82) is 0 Å². The smallest absolute Gasteiger partial charge is 0.303 e. The molecule has 4 nitrogen and oxygen atoms in total. The zero-order chi connectivity index (χ0) is 13.5. The van der Waals surface area contributed by atoms with Crippen LogP contribution in [-0.2, 0) is 17.8 Å². The molecule has 0 atom stereocenters. The summed E-state index contributed by atoms with van der Waals surface area (Å²) in [6.45, 7) is 0.497. The van der Waals surface area contributed by atoms with Gasteiger partial charge in [-0.1, -0.05) is 30.3 Å². The maximum atomic E-state index is 10.4. The Bertz CT molecular complexity index is 523. The van der Waals surface area contributed by atoms with Gasteiger partial charge < -0.3 is 9.84 Å². The first-order valence-electron chi connectivity index (χ1n) is 6.07. The van der Waals surface area contributed by atoms with E-state index in [9.17, 15) is 4.79 Å². The molecule has 0 aliphatic carbocycles. The molecule has 0 saturated heterocycles. The van der Waals surface area contributed by atoms with Crippen LogP contribution < -0.4 is 4.74 Å². The lowest BCUT2D eigenvalue weighted by molar-refractivity contribution is -0.136. The molecule has 1 heterocycles. The maximum absolute atomic E-state index is 10.4. The minimum Gasteiger partial charge on any atom is -0.487 e. The van der Waals surface area contributed by atoms with Crippen molar-refractivity contribution in [2.45, 2.75) is 19.4 Å². The number of hydrogen-bond acceptors (Lipinski definition) is 3. The maximum Gasteiger partial charge on any atom is 0.303 e. The van der Waals surface area contributed by atoms with Crippen LogP contribution in [0.3, 0.4) is 0 Å². The first kappa shape index (κ1) is 13.1. The highest BCUT2D eigenvalue weighted by Crippen LogP contribution is 2.12. The SMILES string of the molecule is O=C(O)CCc1ccc(OCc2ccccc2)cn1. The second-order valence-corrected chi connectivity index (χ2v) is 4.15. The lowest BCUT2D eigenvalue weighted by Gasteiger charge is -2.06. The molecule has 0 spiro atoms. The number of nitrogens with zero attached hydrogens (tertiary/aromatic N) is 1. The second kappa shape index (κ2) is 6.54. The molecular weight excluding hydrogens is 242 g/mol. The Morgan fingerprint density at radius 1 is 1.16 bits per heavy atom. The van der Waals surface area contributed by atoms with Gasteiger partial charge in [0.1, 0.15) is 12.4 Å². The molecule has 0 unspecified atom stereocenters. The fourth-order valence-electron chi connectivity index (χ4n) is 1.62. The Labute approximate surface area is 111 Å². The first-order valence-corrected chi connectivity index (χ1v) is 6.07. The fraction of sp³-hybridized carbons (Fsp3) is 0.200. The number of aliphatic carboxylic acids is 1. The lowest BCUT2D eigenvalue weighted by Crippen LogP contribution is -2.00. The number of ether oxygens (including phenoxy) is 1. The van der Waals surface area contributed by atoms with Gasteiger partial charge in [-0.3, -0.25) is 9.78 Å². The molecule has 2 aromatic rings. The topological polar surface area (TPSA) is 59.4 Å². The lowest BCUT2D eigenvalue weighted by atomic mass is 10.2. The van der Waals surface area contributed by atoms with E-state index in [-0.39, 0.29) is 6.42 Å². The van der Waals surface area contributed by atoms with Crippen LogP contribution >= 0.6 is 0 Å². The number of hydrogen-bond donors (Lipinski definition) is 1. The molecule has 4 heteroatoms. The average Bonchev–Trinajstić information content (AvgIpc) is 2.45. The molecule has 1 aromatic heterocycles. The largest absolute Gasteiger partial charge is 0.487 e. The van der Waals surface area contributed by atoms with Gasteiger partial charge in [0, 0.05) is 12.1 Å². The third-order valence-electron chi connectivity index (χ3n) is 2.64. The molecule has 0 bridgehead atoms. The van der Waals surface area contributed by atoms with Crippen molar-refractivity contribution < 1.29 is 14.6 Å². The van der Waals surface area contributed by atoms with Crippen molar-refractivity contribution in [3.63, 3.8) is 0 Å². The zero-order valence-corrected chi connectivity index (χ0v) is 10.5. The molecule has 1 N–H and O–H groups in total. The number of aryl methyl sites for hydroxylation is 1. The van der Waals surface area contributed by atoms with E-state index >= 15 is 0 Å². The fourth-order valence-corrected chi connectivity index (χ4v) is 1.62. The van der Waals surface area contributed by atoms with Gasteiger partial charge in [0.15, 0.2) is 0 Å². The summed E-state index contributed by atoms with van der Waals surface area (Å²) in [5.74, 6) is -0.130. The Balaban J connectivity index is 1.86. The van der Waals surface area contributed by atoms with Gasteiger partial charge in [0.2, 0.25) is 0 Å². The summed E-state index contributed by atoms with van der Waals surface area (Å²) >= 11 is 0. The molecule has 19 heavy (non-hydrogen) atoms. The van der Waals surface area contributed by atoms with Crippen LogP contribution in [0.1, 0.15) is 17.7 Å². The number of carbonyl (C=O) groups is 1. The van der Waals surface area contributed by atoms with Gasteiger partial charge in [-0.15, -0.1) is 0 Å². The van der Waals surface area contributed by atoms with Crippen LogP contribution in [0.2, 0.25) is 0 Å². The van der Waals surface area contributed by atoms with Gasteiger partial charge in [-0.05, 0) is 17.7 Å². The summed E-state index contributed by atoms with van der Waals surface area (Å²) in [7, 11) is 0. The van der Waals surface area contributed by atoms with Gasteiger partial charge in [-0.2, -0.15) is 0 Å². The molecule has 2 rings (SSSR count). The monoisotopic (exact) mass is 257 g/mol. The van der Waals surface area contributed by atoms with Gasteiger partial charge in [0.25, 0.3) is 0 Å². The van der Waals surface area contributed by atoms with Crippen LogP contribution in [0.4, 0.5) is 0 Å². The molecule has 0 radical (unpaired) electrons. The van der Waals surface area contributed by atoms with Crippen molar-refractivity contribution in [3.05, 3.63) is 59.9 Å². The number of aromatic nitrogens is 1. The summed E-state index contributed by atoms with van der Waals surface area (Å²) in [6, 6.07) is 13.5. The van der Waals surface area contributed by atoms with Crippen LogP contribution in [0.5, 0.6) is 5.75 Å². The number of pyridine rings is 1. The molecular formula is C15H15NO3. The normalized spacial score (nSPS) is 10.1. The molecule has 0 saturated carbocycles. The highest BCUT2D eigenvalue weighted by atomic mass is 16.5. The highest BCUT2D eigenvalue weighted by molar-refractivity contribution is 5.66. The number of rotatable bonds is 6. The minimum atomic E-state index is -0.814. The van der Waals surface area contributed by atoms with Gasteiger partial charge in [-0.25, -0.2) is 0 Å². The van der Waals surface area contributed by atoms with E-state index in [1.807, 2.05) is 36.4 Å². The average molecular weight is 257 g/mol. The van der Waals surface area contributed by atoms with E-state index < -0.39 is 5.97 Å². The van der Waals surface area contributed by atoms with E-state index in [0.717, 1.165) is 11.3 Å². The number of carboxylic acid groups (broad SMARTS) is 1. The van der Waals surface area contributed by atoms with Gasteiger partial charge in [0.05, 0.1) is 12.6 Å². The van der Waals surface area contributed by atoms with Crippen molar-refractivity contribution in [2.75, 3.05) is 0 Å². The molecule has 0 aliphatic heterocycles. The Morgan fingerprint density at radius 2 is 1.95 bits per heavy atom. The predicted octanol–water partition coefficient (Wildman–Crippen LogP) is 2.68. The predicted molar refractivity (Wildman–Crippen MR) is 71.0 cm³/mol. The van der Waals surface area contributed by atoms with E-state index in [4.69, 9.17) is 9.84 Å².